The van der Waals surface area contributed by atoms with Crippen LogP contribution in [0.4, 0.5) is 0 Å². The number of hydrogen-bond donors (Lipinski definition) is 0. The number of carbonyl (C=O) groups is 1. The Labute approximate surface area is 99.2 Å². The lowest BCUT2D eigenvalue weighted by Gasteiger charge is -2.23. The van der Waals surface area contributed by atoms with Gasteiger partial charge in [-0.15, -0.1) is 0 Å². The fourth-order valence-corrected chi connectivity index (χ4v) is 1.82. The summed E-state index contributed by atoms with van der Waals surface area (Å²) in [7, 11) is 2.98. The summed E-state index contributed by atoms with van der Waals surface area (Å²) in [5, 5.41) is 0. The van der Waals surface area contributed by atoms with Crippen LogP contribution in [-0.4, -0.2) is 33.2 Å². The van der Waals surface area contributed by atoms with Crippen molar-refractivity contribution in [2.45, 2.75) is 6.92 Å². The quantitative estimate of drug-likeness (QED) is 0.750. The van der Waals surface area contributed by atoms with E-state index in [2.05, 4.69) is 0 Å². The van der Waals surface area contributed by atoms with E-state index in [1.165, 1.54) is 21.1 Å². The van der Waals surface area contributed by atoms with Crippen LogP contribution in [-0.2, 0) is 0 Å². The van der Waals surface area contributed by atoms with Gasteiger partial charge in [-0.1, -0.05) is 0 Å². The molecular weight excluding hydrogens is 224 g/mol. The molecule has 0 radical (unpaired) electrons. The third kappa shape index (κ3) is 1.88. The lowest BCUT2D eigenvalue weighted by Crippen LogP contribution is -2.17. The van der Waals surface area contributed by atoms with Crippen molar-refractivity contribution in [1.82, 2.24) is 0 Å². The number of fused-ring (bicyclic) bond motifs is 1. The largest absolute Gasteiger partial charge is 0.496 e. The van der Waals surface area contributed by atoms with Crippen molar-refractivity contribution in [3.63, 3.8) is 0 Å². The number of ketones is 1. The zero-order valence-corrected chi connectivity index (χ0v) is 10.0. The van der Waals surface area contributed by atoms with Crippen LogP contribution in [0, 0.1) is 0 Å². The number of methoxy groups -OCH3 is 2. The second-order valence-electron chi connectivity index (χ2n) is 3.57. The van der Waals surface area contributed by atoms with E-state index in [-0.39, 0.29) is 5.78 Å². The van der Waals surface area contributed by atoms with E-state index >= 15 is 0 Å². The summed E-state index contributed by atoms with van der Waals surface area (Å²) in [5.74, 6) is 1.65. The molecule has 1 heterocycles. The van der Waals surface area contributed by atoms with Crippen molar-refractivity contribution in [3.05, 3.63) is 11.6 Å². The minimum atomic E-state index is -0.143. The summed E-state index contributed by atoms with van der Waals surface area (Å²) in [4.78, 5) is 11.6. The van der Waals surface area contributed by atoms with Gasteiger partial charge in [-0.2, -0.15) is 0 Å². The molecule has 5 heteroatoms. The number of carbonyl (C=O) groups excluding carboxylic acids is 1. The molecule has 2 rings (SSSR count). The van der Waals surface area contributed by atoms with Gasteiger partial charge >= 0.3 is 0 Å². The maximum absolute atomic E-state index is 11.6. The summed E-state index contributed by atoms with van der Waals surface area (Å²) in [5.41, 5.74) is 0.374. The van der Waals surface area contributed by atoms with Crippen LogP contribution in [0.25, 0.3) is 0 Å². The monoisotopic (exact) mass is 238 g/mol. The topological polar surface area (TPSA) is 54.0 Å². The Morgan fingerprint density at radius 2 is 1.94 bits per heavy atom. The standard InChI is InChI=1S/C12H14O5/c1-7(13)10-8(14-2)6-9-11(12(10)15-3)17-5-4-16-9/h6H,4-5H2,1-3H3. The normalized spacial score (nSPS) is 13.1. The Kier molecular flexibility index (Phi) is 3.08. The molecule has 1 aromatic carbocycles. The molecule has 0 aliphatic carbocycles. The van der Waals surface area contributed by atoms with Crippen LogP contribution in [0.15, 0.2) is 6.07 Å². The third-order valence-corrected chi connectivity index (χ3v) is 2.53. The van der Waals surface area contributed by atoms with Crippen LogP contribution in [0.3, 0.4) is 0 Å². The molecule has 1 aliphatic rings. The van der Waals surface area contributed by atoms with Crippen LogP contribution in [0.2, 0.25) is 0 Å². The van der Waals surface area contributed by atoms with Crippen LogP contribution < -0.4 is 18.9 Å². The third-order valence-electron chi connectivity index (χ3n) is 2.53. The molecule has 1 aromatic rings. The van der Waals surface area contributed by atoms with Gasteiger partial charge < -0.3 is 18.9 Å². The average molecular weight is 238 g/mol. The molecule has 0 spiro atoms. The Hall–Kier alpha value is -1.91. The smallest absolute Gasteiger partial charge is 0.204 e. The Morgan fingerprint density at radius 1 is 1.24 bits per heavy atom. The van der Waals surface area contributed by atoms with Crippen molar-refractivity contribution in [2.24, 2.45) is 0 Å². The van der Waals surface area contributed by atoms with Gasteiger partial charge in [-0.3, -0.25) is 4.79 Å². The first-order valence-electron chi connectivity index (χ1n) is 5.24. The summed E-state index contributed by atoms with van der Waals surface area (Å²) < 4.78 is 21.3. The van der Waals surface area contributed by atoms with Crippen LogP contribution in [0.5, 0.6) is 23.0 Å². The van der Waals surface area contributed by atoms with E-state index in [0.717, 1.165) is 0 Å². The number of Topliss-reactive ketones (excluding diaryl/α,β-unsaturated/α-hetero) is 1. The van der Waals surface area contributed by atoms with E-state index in [4.69, 9.17) is 18.9 Å². The molecule has 0 bridgehead atoms. The van der Waals surface area contributed by atoms with Gasteiger partial charge in [0.2, 0.25) is 5.75 Å². The lowest BCUT2D eigenvalue weighted by molar-refractivity contribution is 0.100. The van der Waals surface area contributed by atoms with Gasteiger partial charge in [0.25, 0.3) is 0 Å². The fourth-order valence-electron chi connectivity index (χ4n) is 1.82. The highest BCUT2D eigenvalue weighted by molar-refractivity contribution is 6.01. The molecular formula is C12H14O5. The van der Waals surface area contributed by atoms with Crippen molar-refractivity contribution in [1.29, 1.82) is 0 Å². The maximum Gasteiger partial charge on any atom is 0.204 e. The van der Waals surface area contributed by atoms with Gasteiger partial charge in [-0.25, -0.2) is 0 Å². The van der Waals surface area contributed by atoms with Crippen molar-refractivity contribution < 1.29 is 23.7 Å². The SMILES string of the molecule is COc1cc2c(c(OC)c1C(C)=O)OCCO2. The molecule has 0 N–H and O–H groups in total. The molecule has 0 unspecified atom stereocenters. The van der Waals surface area contributed by atoms with Crippen LogP contribution >= 0.6 is 0 Å². The summed E-state index contributed by atoms with van der Waals surface area (Å²) in [6, 6.07) is 1.65. The zero-order valence-electron chi connectivity index (χ0n) is 10.0. The van der Waals surface area contributed by atoms with E-state index in [0.29, 0.717) is 41.8 Å². The average Bonchev–Trinajstić information content (AvgIpc) is 2.35. The lowest BCUT2D eigenvalue weighted by atomic mass is 10.1. The Morgan fingerprint density at radius 3 is 2.53 bits per heavy atom. The maximum atomic E-state index is 11.6. The number of hydrogen-bond acceptors (Lipinski definition) is 5. The summed E-state index contributed by atoms with van der Waals surface area (Å²) in [6.07, 6.45) is 0. The first-order valence-corrected chi connectivity index (χ1v) is 5.24. The summed E-state index contributed by atoms with van der Waals surface area (Å²) in [6.45, 7) is 2.36. The molecule has 0 aromatic heterocycles. The highest BCUT2D eigenvalue weighted by Gasteiger charge is 2.26. The van der Waals surface area contributed by atoms with Crippen molar-refractivity contribution >= 4 is 5.78 Å². The number of rotatable bonds is 3. The minimum Gasteiger partial charge on any atom is -0.496 e. The van der Waals surface area contributed by atoms with Gasteiger partial charge in [0, 0.05) is 6.07 Å². The van der Waals surface area contributed by atoms with Gasteiger partial charge in [-0.05, 0) is 6.92 Å². The number of ether oxygens (including phenoxy) is 4. The number of benzene rings is 1. The zero-order chi connectivity index (χ0) is 12.4. The first-order chi connectivity index (χ1) is 8.19. The molecule has 0 saturated carbocycles. The molecule has 0 amide bonds. The minimum absolute atomic E-state index is 0.143. The predicted molar refractivity (Wildman–Crippen MR) is 60.5 cm³/mol. The molecule has 0 saturated heterocycles. The Balaban J connectivity index is 2.68. The van der Waals surface area contributed by atoms with E-state index < -0.39 is 0 Å². The van der Waals surface area contributed by atoms with Gasteiger partial charge in [0.05, 0.1) is 14.2 Å². The highest BCUT2D eigenvalue weighted by Crippen LogP contribution is 2.46. The predicted octanol–water partition coefficient (Wildman–Crippen LogP) is 1.68. The van der Waals surface area contributed by atoms with E-state index in [1.54, 1.807) is 6.07 Å². The first kappa shape index (κ1) is 11.6. The summed E-state index contributed by atoms with van der Waals surface area (Å²) >= 11 is 0. The molecule has 0 fully saturated rings. The molecule has 5 nitrogen and oxygen atoms in total. The second kappa shape index (κ2) is 4.53. The second-order valence-corrected chi connectivity index (χ2v) is 3.57. The Bertz CT molecular complexity index is 453. The molecule has 92 valence electrons. The van der Waals surface area contributed by atoms with E-state index in [9.17, 15) is 4.79 Å². The van der Waals surface area contributed by atoms with Gasteiger partial charge in [0.1, 0.15) is 24.5 Å². The molecule has 1 aliphatic heterocycles. The van der Waals surface area contributed by atoms with Crippen molar-refractivity contribution in [2.75, 3.05) is 27.4 Å². The van der Waals surface area contributed by atoms with Gasteiger partial charge in [0.15, 0.2) is 17.3 Å². The van der Waals surface area contributed by atoms with Crippen molar-refractivity contribution in [3.8, 4) is 23.0 Å². The highest BCUT2D eigenvalue weighted by atomic mass is 16.6. The molecule has 17 heavy (non-hydrogen) atoms. The fraction of sp³-hybridized carbons (Fsp3) is 0.417. The van der Waals surface area contributed by atoms with Crippen LogP contribution in [0.1, 0.15) is 17.3 Å². The molecule has 0 atom stereocenters. The van der Waals surface area contributed by atoms with E-state index in [1.807, 2.05) is 0 Å².